The van der Waals surface area contributed by atoms with Crippen molar-refractivity contribution in [2.45, 2.75) is 0 Å². The normalized spacial score (nSPS) is 10.1. The molecule has 0 bridgehead atoms. The highest BCUT2D eigenvalue weighted by molar-refractivity contribution is 5.92. The Morgan fingerprint density at radius 2 is 1.57 bits per heavy atom. The monoisotopic (exact) mass is 288 g/mol. The number of pyridine rings is 1. The summed E-state index contributed by atoms with van der Waals surface area (Å²) >= 11 is 0. The van der Waals surface area contributed by atoms with E-state index in [1.165, 1.54) is 24.3 Å². The van der Waals surface area contributed by atoms with E-state index in [1.54, 1.807) is 0 Å². The van der Waals surface area contributed by atoms with Crippen LogP contribution in [-0.4, -0.2) is 32.1 Å². The number of carboxylic acids is 2. The second-order valence-corrected chi connectivity index (χ2v) is 4.04. The lowest BCUT2D eigenvalue weighted by atomic mass is 10.0. The van der Waals surface area contributed by atoms with E-state index in [0.717, 1.165) is 12.1 Å². The van der Waals surface area contributed by atoms with Gasteiger partial charge in [0.25, 0.3) is 5.69 Å². The Hall–Kier alpha value is -3.29. The van der Waals surface area contributed by atoms with Crippen LogP contribution >= 0.6 is 0 Å². The number of hydrogen-bond acceptors (Lipinski definition) is 5. The molecular formula is C13H8N2O6. The minimum Gasteiger partial charge on any atom is -0.477 e. The van der Waals surface area contributed by atoms with E-state index >= 15 is 0 Å². The molecule has 21 heavy (non-hydrogen) atoms. The van der Waals surface area contributed by atoms with Gasteiger partial charge in [-0.3, -0.25) is 10.1 Å². The standard InChI is InChI=1S/C13H8N2O6/c16-12(17)10-5-8(6-11(14-10)13(18)19)7-2-1-3-9(4-7)15(20)21/h1-6H,(H,16,17)(H,18,19). The van der Waals surface area contributed by atoms with Gasteiger partial charge < -0.3 is 10.2 Å². The van der Waals surface area contributed by atoms with Gasteiger partial charge in [0.15, 0.2) is 0 Å². The molecule has 2 aromatic rings. The van der Waals surface area contributed by atoms with Gasteiger partial charge >= 0.3 is 11.9 Å². The van der Waals surface area contributed by atoms with Gasteiger partial charge in [-0.2, -0.15) is 0 Å². The number of aromatic nitrogens is 1. The summed E-state index contributed by atoms with van der Waals surface area (Å²) in [6.07, 6.45) is 0. The van der Waals surface area contributed by atoms with E-state index in [2.05, 4.69) is 4.98 Å². The number of carbonyl (C=O) groups is 2. The van der Waals surface area contributed by atoms with Crippen molar-refractivity contribution in [1.29, 1.82) is 0 Å². The fourth-order valence-corrected chi connectivity index (χ4v) is 1.72. The Morgan fingerprint density at radius 3 is 2.05 bits per heavy atom. The summed E-state index contributed by atoms with van der Waals surface area (Å²) in [5.41, 5.74) is -0.522. The van der Waals surface area contributed by atoms with E-state index in [4.69, 9.17) is 10.2 Å². The van der Waals surface area contributed by atoms with Crippen LogP contribution in [0.1, 0.15) is 21.0 Å². The van der Waals surface area contributed by atoms with Crippen LogP contribution in [0, 0.1) is 10.1 Å². The quantitative estimate of drug-likeness (QED) is 0.650. The SMILES string of the molecule is O=C(O)c1cc(-c2cccc([N+](=O)[O-])c2)cc(C(=O)O)n1. The maximum absolute atomic E-state index is 11.0. The Kier molecular flexibility index (Phi) is 3.61. The number of carboxylic acid groups (broad SMARTS) is 2. The second kappa shape index (κ2) is 5.37. The molecule has 1 aromatic carbocycles. The summed E-state index contributed by atoms with van der Waals surface area (Å²) < 4.78 is 0. The van der Waals surface area contributed by atoms with Crippen LogP contribution in [0.4, 0.5) is 5.69 Å². The number of non-ortho nitro benzene ring substituents is 1. The van der Waals surface area contributed by atoms with Crippen LogP contribution in [0.5, 0.6) is 0 Å². The average molecular weight is 288 g/mol. The maximum atomic E-state index is 11.0. The number of aromatic carboxylic acids is 2. The van der Waals surface area contributed by atoms with E-state index in [0.29, 0.717) is 5.56 Å². The molecule has 0 saturated heterocycles. The zero-order chi connectivity index (χ0) is 15.6. The molecule has 106 valence electrons. The molecule has 1 aromatic heterocycles. The van der Waals surface area contributed by atoms with Gasteiger partial charge in [-0.05, 0) is 23.3 Å². The summed E-state index contributed by atoms with van der Waals surface area (Å²) in [6, 6.07) is 7.77. The van der Waals surface area contributed by atoms with Gasteiger partial charge in [0, 0.05) is 12.1 Å². The van der Waals surface area contributed by atoms with Crippen molar-refractivity contribution in [2.75, 3.05) is 0 Å². The van der Waals surface area contributed by atoms with Crippen LogP contribution < -0.4 is 0 Å². The van der Waals surface area contributed by atoms with Crippen molar-refractivity contribution >= 4 is 17.6 Å². The summed E-state index contributed by atoms with van der Waals surface area (Å²) in [7, 11) is 0. The van der Waals surface area contributed by atoms with Gasteiger partial charge in [0.2, 0.25) is 0 Å². The summed E-state index contributed by atoms with van der Waals surface area (Å²) in [6.45, 7) is 0. The molecule has 8 nitrogen and oxygen atoms in total. The molecule has 0 fully saturated rings. The van der Waals surface area contributed by atoms with Gasteiger partial charge in [-0.15, -0.1) is 0 Å². The Balaban J connectivity index is 2.62. The molecular weight excluding hydrogens is 280 g/mol. The van der Waals surface area contributed by atoms with Crippen molar-refractivity contribution in [2.24, 2.45) is 0 Å². The summed E-state index contributed by atoms with van der Waals surface area (Å²) in [4.78, 5) is 35.6. The Morgan fingerprint density at radius 1 is 1.00 bits per heavy atom. The summed E-state index contributed by atoms with van der Waals surface area (Å²) in [5.74, 6) is -2.77. The van der Waals surface area contributed by atoms with Crippen LogP contribution in [0.25, 0.3) is 11.1 Å². The zero-order valence-electron chi connectivity index (χ0n) is 10.4. The van der Waals surface area contributed by atoms with Gasteiger partial charge in [0.05, 0.1) is 4.92 Å². The van der Waals surface area contributed by atoms with Crippen molar-refractivity contribution in [3.63, 3.8) is 0 Å². The topological polar surface area (TPSA) is 131 Å². The lowest BCUT2D eigenvalue weighted by molar-refractivity contribution is -0.384. The lowest BCUT2D eigenvalue weighted by Crippen LogP contribution is -2.07. The largest absolute Gasteiger partial charge is 0.477 e. The number of nitro groups is 1. The number of nitro benzene ring substituents is 1. The molecule has 0 amide bonds. The Bertz CT molecular complexity index is 724. The van der Waals surface area contributed by atoms with Crippen LogP contribution in [0.3, 0.4) is 0 Å². The van der Waals surface area contributed by atoms with Crippen LogP contribution in [0.2, 0.25) is 0 Å². The third-order valence-electron chi connectivity index (χ3n) is 2.65. The molecule has 2 N–H and O–H groups in total. The predicted octanol–water partition coefficient (Wildman–Crippen LogP) is 2.05. The number of nitrogens with zero attached hydrogens (tertiary/aromatic N) is 2. The zero-order valence-corrected chi connectivity index (χ0v) is 10.4. The molecule has 0 spiro atoms. The molecule has 0 radical (unpaired) electrons. The highest BCUT2D eigenvalue weighted by Crippen LogP contribution is 2.25. The van der Waals surface area contributed by atoms with Gasteiger partial charge in [-0.1, -0.05) is 12.1 Å². The average Bonchev–Trinajstić information content (AvgIpc) is 2.46. The highest BCUT2D eigenvalue weighted by Gasteiger charge is 2.15. The molecule has 1 heterocycles. The van der Waals surface area contributed by atoms with Crippen LogP contribution in [-0.2, 0) is 0 Å². The third kappa shape index (κ3) is 3.00. The van der Waals surface area contributed by atoms with Crippen molar-refractivity contribution in [3.8, 4) is 11.1 Å². The second-order valence-electron chi connectivity index (χ2n) is 4.04. The molecule has 0 atom stereocenters. The number of rotatable bonds is 4. The number of hydrogen-bond donors (Lipinski definition) is 2. The smallest absolute Gasteiger partial charge is 0.354 e. The Labute approximate surface area is 117 Å². The first-order valence-corrected chi connectivity index (χ1v) is 5.62. The highest BCUT2D eigenvalue weighted by atomic mass is 16.6. The first-order chi connectivity index (χ1) is 9.88. The van der Waals surface area contributed by atoms with Crippen LogP contribution in [0.15, 0.2) is 36.4 Å². The van der Waals surface area contributed by atoms with Crippen molar-refractivity contribution in [1.82, 2.24) is 4.98 Å². The van der Waals surface area contributed by atoms with E-state index in [-0.39, 0.29) is 11.3 Å². The molecule has 0 aliphatic carbocycles. The molecule has 0 aliphatic rings. The minimum absolute atomic E-state index is 0.182. The van der Waals surface area contributed by atoms with E-state index in [1.807, 2.05) is 0 Å². The fraction of sp³-hybridized carbons (Fsp3) is 0. The summed E-state index contributed by atoms with van der Waals surface area (Å²) in [5, 5.41) is 28.6. The fourth-order valence-electron chi connectivity index (χ4n) is 1.72. The van der Waals surface area contributed by atoms with Crippen molar-refractivity contribution < 1.29 is 24.7 Å². The minimum atomic E-state index is -1.38. The molecule has 0 unspecified atom stereocenters. The third-order valence-corrected chi connectivity index (χ3v) is 2.65. The maximum Gasteiger partial charge on any atom is 0.354 e. The van der Waals surface area contributed by atoms with Gasteiger partial charge in [0.1, 0.15) is 11.4 Å². The van der Waals surface area contributed by atoms with Crippen molar-refractivity contribution in [3.05, 3.63) is 57.9 Å². The predicted molar refractivity (Wildman–Crippen MR) is 70.2 cm³/mol. The molecule has 8 heteroatoms. The molecule has 2 rings (SSSR count). The first-order valence-electron chi connectivity index (χ1n) is 5.62. The molecule has 0 saturated carbocycles. The number of benzene rings is 1. The lowest BCUT2D eigenvalue weighted by Gasteiger charge is -2.05. The molecule has 0 aliphatic heterocycles. The van der Waals surface area contributed by atoms with E-state index in [9.17, 15) is 19.7 Å². The van der Waals surface area contributed by atoms with Gasteiger partial charge in [-0.25, -0.2) is 14.6 Å². The first kappa shape index (κ1) is 14.1. The van der Waals surface area contributed by atoms with E-state index < -0.39 is 28.2 Å².